The van der Waals surface area contributed by atoms with Crippen LogP contribution in [0.25, 0.3) is 0 Å². The Bertz CT molecular complexity index is 1350. The number of phenols is 1. The van der Waals surface area contributed by atoms with Crippen LogP contribution in [0, 0.1) is 48.3 Å². The smallest absolute Gasteiger partial charge is 0.123 e. The van der Waals surface area contributed by atoms with E-state index in [-0.39, 0.29) is 16.2 Å². The lowest BCUT2D eigenvalue weighted by Crippen LogP contribution is -2.51. The summed E-state index contributed by atoms with van der Waals surface area (Å²) >= 11 is 0. The third kappa shape index (κ3) is 5.50. The van der Waals surface area contributed by atoms with E-state index in [2.05, 4.69) is 98.7 Å². The predicted molar refractivity (Wildman–Crippen MR) is 182 cm³/mol. The largest absolute Gasteiger partial charge is 0.507 e. The fraction of sp³-hybridized carbons (Fsp3) is 0.700. The zero-order chi connectivity index (χ0) is 31.5. The maximum Gasteiger partial charge on any atom is 0.123 e. The van der Waals surface area contributed by atoms with Crippen LogP contribution in [0.4, 0.5) is 5.69 Å². The molecular formula is C40H59NO2. The summed E-state index contributed by atoms with van der Waals surface area (Å²) in [6.45, 7) is 22.6. The molecule has 3 heteroatoms. The molecule has 0 radical (unpaired) electrons. The second-order valence-electron chi connectivity index (χ2n) is 16.8. The molecule has 7 unspecified atom stereocenters. The van der Waals surface area contributed by atoms with Crippen molar-refractivity contribution < 1.29 is 5.11 Å². The van der Waals surface area contributed by atoms with Crippen LogP contribution in [0.1, 0.15) is 152 Å². The lowest BCUT2D eigenvalue weighted by atomic mass is 9.47. The van der Waals surface area contributed by atoms with Gasteiger partial charge in [-0.25, -0.2) is 0 Å². The van der Waals surface area contributed by atoms with Gasteiger partial charge in [-0.2, -0.15) is 0 Å². The Hall–Kier alpha value is -2.16. The molecular weight excluding hydrogens is 526 g/mol. The molecule has 4 aliphatic rings. The molecule has 7 atom stereocenters. The summed E-state index contributed by atoms with van der Waals surface area (Å²) in [4.78, 5) is 12.6. The van der Waals surface area contributed by atoms with Gasteiger partial charge in [0.05, 0.1) is 0 Å². The molecule has 0 aliphatic heterocycles. The second-order valence-corrected chi connectivity index (χ2v) is 16.8. The lowest BCUT2D eigenvalue weighted by molar-refractivity contribution is -0.0475. The molecule has 4 fully saturated rings. The van der Waals surface area contributed by atoms with Crippen molar-refractivity contribution in [3.05, 3.63) is 62.6 Å². The number of rotatable bonds is 9. The van der Waals surface area contributed by atoms with Crippen LogP contribution in [-0.4, -0.2) is 5.11 Å². The fourth-order valence-electron chi connectivity index (χ4n) is 10.1. The van der Waals surface area contributed by atoms with Crippen LogP contribution in [0.2, 0.25) is 0 Å². The number of fused-ring (bicyclic) bond motifs is 2. The van der Waals surface area contributed by atoms with Crippen LogP contribution in [0.3, 0.4) is 0 Å². The van der Waals surface area contributed by atoms with Gasteiger partial charge in [0, 0.05) is 5.56 Å². The number of hydrogen-bond donors (Lipinski definition) is 1. The standard InChI is InChI=1S/C40H59NO2/c1-11-13-18-40(10,34-22-25(4)21-33(37(34)42)38(5,6)7)31-23-26-14-15-29(31)35-27(26)16-17-28(35)30-19-24(3)20-32(36(30)41-43)39(8,9)12-2/h19-22,26-29,31,35,42H,11-18,23H2,1-10H3. The summed E-state index contributed by atoms with van der Waals surface area (Å²) in [7, 11) is 0. The van der Waals surface area contributed by atoms with Gasteiger partial charge in [-0.15, -0.1) is 4.91 Å². The molecule has 6 rings (SSSR count). The van der Waals surface area contributed by atoms with E-state index in [1.165, 1.54) is 60.8 Å². The maximum absolute atomic E-state index is 12.6. The van der Waals surface area contributed by atoms with E-state index in [0.717, 1.165) is 47.9 Å². The highest BCUT2D eigenvalue weighted by molar-refractivity contribution is 5.59. The lowest BCUT2D eigenvalue weighted by Gasteiger charge is -2.57. The molecule has 0 heterocycles. The van der Waals surface area contributed by atoms with Crippen molar-refractivity contribution in [2.75, 3.05) is 0 Å². The Morgan fingerprint density at radius 2 is 1.47 bits per heavy atom. The summed E-state index contributed by atoms with van der Waals surface area (Å²) in [6.07, 6.45) is 10.8. The molecule has 0 spiro atoms. The Kier molecular flexibility index (Phi) is 8.73. The summed E-state index contributed by atoms with van der Waals surface area (Å²) in [5, 5.41) is 15.8. The second kappa shape index (κ2) is 11.6. The highest BCUT2D eigenvalue weighted by Gasteiger charge is 2.58. The molecule has 236 valence electrons. The van der Waals surface area contributed by atoms with Crippen molar-refractivity contribution >= 4 is 5.69 Å². The first-order valence-corrected chi connectivity index (χ1v) is 17.5. The minimum absolute atomic E-state index is 0.0810. The number of benzene rings is 2. The number of aromatic hydroxyl groups is 1. The quantitative estimate of drug-likeness (QED) is 0.298. The van der Waals surface area contributed by atoms with Gasteiger partial charge in [0.1, 0.15) is 11.4 Å². The number of nitrogens with zero attached hydrogens (tertiary/aromatic N) is 1. The molecule has 3 nitrogen and oxygen atoms in total. The van der Waals surface area contributed by atoms with Crippen molar-refractivity contribution in [1.29, 1.82) is 0 Å². The molecule has 4 saturated carbocycles. The van der Waals surface area contributed by atoms with E-state index in [4.69, 9.17) is 0 Å². The van der Waals surface area contributed by atoms with E-state index in [1.54, 1.807) is 0 Å². The number of aryl methyl sites for hydroxylation is 2. The van der Waals surface area contributed by atoms with E-state index in [1.807, 2.05) is 0 Å². The molecule has 0 saturated heterocycles. The van der Waals surface area contributed by atoms with Gasteiger partial charge in [0.15, 0.2) is 0 Å². The van der Waals surface area contributed by atoms with Gasteiger partial charge < -0.3 is 5.11 Å². The predicted octanol–water partition coefficient (Wildman–Crippen LogP) is 11.7. The number of unbranched alkanes of at least 4 members (excludes halogenated alkanes) is 1. The number of hydrogen-bond acceptors (Lipinski definition) is 3. The van der Waals surface area contributed by atoms with Crippen molar-refractivity contribution in [2.24, 2.45) is 34.8 Å². The normalized spacial score (nSPS) is 28.5. The average Bonchev–Trinajstić information content (AvgIpc) is 3.43. The highest BCUT2D eigenvalue weighted by atomic mass is 16.3. The van der Waals surface area contributed by atoms with Crippen LogP contribution in [0.15, 0.2) is 29.4 Å². The van der Waals surface area contributed by atoms with Gasteiger partial charge in [-0.1, -0.05) is 104 Å². The zero-order valence-corrected chi connectivity index (χ0v) is 28.9. The van der Waals surface area contributed by atoms with E-state index in [9.17, 15) is 10.0 Å². The topological polar surface area (TPSA) is 49.7 Å². The number of phenolic OH excluding ortho intramolecular Hbond substituents is 1. The van der Waals surface area contributed by atoms with Gasteiger partial charge in [0.25, 0.3) is 0 Å². The van der Waals surface area contributed by atoms with Crippen LogP contribution >= 0.6 is 0 Å². The molecule has 0 amide bonds. The third-order valence-corrected chi connectivity index (χ3v) is 12.7. The molecule has 1 N–H and O–H groups in total. The molecule has 2 bridgehead atoms. The van der Waals surface area contributed by atoms with Crippen molar-refractivity contribution in [3.8, 4) is 5.75 Å². The average molecular weight is 586 g/mol. The molecule has 2 aromatic rings. The van der Waals surface area contributed by atoms with Gasteiger partial charge in [-0.3, -0.25) is 0 Å². The van der Waals surface area contributed by atoms with Crippen LogP contribution in [0.5, 0.6) is 5.75 Å². The maximum atomic E-state index is 12.6. The highest BCUT2D eigenvalue weighted by Crippen LogP contribution is 2.67. The summed E-state index contributed by atoms with van der Waals surface area (Å²) in [6, 6.07) is 9.06. The van der Waals surface area contributed by atoms with Gasteiger partial charge >= 0.3 is 0 Å². The Balaban J connectivity index is 1.63. The molecule has 43 heavy (non-hydrogen) atoms. The Morgan fingerprint density at radius 1 is 0.837 bits per heavy atom. The van der Waals surface area contributed by atoms with Crippen molar-refractivity contribution in [2.45, 2.75) is 149 Å². The first kappa shape index (κ1) is 32.2. The Labute approximate surface area is 262 Å². The van der Waals surface area contributed by atoms with E-state index < -0.39 is 0 Å². The Morgan fingerprint density at radius 3 is 2.09 bits per heavy atom. The van der Waals surface area contributed by atoms with Gasteiger partial charge in [-0.05, 0) is 132 Å². The monoisotopic (exact) mass is 585 g/mol. The summed E-state index contributed by atoms with van der Waals surface area (Å²) < 4.78 is 0. The van der Waals surface area contributed by atoms with Crippen molar-refractivity contribution in [3.63, 3.8) is 0 Å². The van der Waals surface area contributed by atoms with Crippen molar-refractivity contribution in [1.82, 2.24) is 0 Å². The van der Waals surface area contributed by atoms with E-state index in [0.29, 0.717) is 29.4 Å². The zero-order valence-electron chi connectivity index (χ0n) is 28.9. The first-order chi connectivity index (χ1) is 20.2. The van der Waals surface area contributed by atoms with Gasteiger partial charge in [0.2, 0.25) is 0 Å². The minimum atomic E-state index is -0.114. The first-order valence-electron chi connectivity index (χ1n) is 17.5. The summed E-state index contributed by atoms with van der Waals surface area (Å²) in [5.41, 5.74) is 7.60. The van der Waals surface area contributed by atoms with Crippen LogP contribution < -0.4 is 0 Å². The molecule has 0 aromatic heterocycles. The fourth-order valence-corrected chi connectivity index (χ4v) is 10.1. The SMILES string of the molecule is CCCCC(C)(c1cc(C)cc(C(C)(C)C)c1O)C1CC2CCC1C1C(c3cc(C)cc(C(C)(C)CC)c3N=O)CCC21. The number of nitroso groups, excluding NO2 is 1. The van der Waals surface area contributed by atoms with Crippen LogP contribution in [-0.2, 0) is 16.2 Å². The summed E-state index contributed by atoms with van der Waals surface area (Å²) in [5.74, 6) is 4.14. The minimum Gasteiger partial charge on any atom is -0.507 e. The molecule has 2 aromatic carbocycles. The third-order valence-electron chi connectivity index (χ3n) is 12.7. The van der Waals surface area contributed by atoms with E-state index >= 15 is 0 Å². The molecule has 4 aliphatic carbocycles.